The molecule has 0 saturated carbocycles. The topological polar surface area (TPSA) is 49.8 Å². The molecule has 1 unspecified atom stereocenters. The maximum Gasteiger partial charge on any atom is 0.119 e. The highest BCUT2D eigenvalue weighted by atomic mass is 14.6. The van der Waals surface area contributed by atoms with Gasteiger partial charge in [-0.2, -0.15) is 5.26 Å². The molecule has 0 aromatic heterocycles. The highest BCUT2D eigenvalue weighted by Crippen LogP contribution is 2.26. The van der Waals surface area contributed by atoms with Gasteiger partial charge in [-0.25, -0.2) is 0 Å². The Balaban J connectivity index is 3.24. The first-order chi connectivity index (χ1) is 6.86. The predicted octanol–water partition coefficient (Wildman–Crippen LogP) is 2.82. The van der Waals surface area contributed by atoms with Crippen LogP contribution in [0.3, 0.4) is 0 Å². The monoisotopic (exact) mass is 202 g/mol. The number of benzene rings is 1. The van der Waals surface area contributed by atoms with Gasteiger partial charge in [-0.3, -0.25) is 0 Å². The molecule has 2 nitrogen and oxygen atoms in total. The van der Waals surface area contributed by atoms with Crippen LogP contribution in [0.5, 0.6) is 0 Å². The van der Waals surface area contributed by atoms with E-state index >= 15 is 0 Å². The summed E-state index contributed by atoms with van der Waals surface area (Å²) in [4.78, 5) is 0. The quantitative estimate of drug-likeness (QED) is 0.761. The lowest BCUT2D eigenvalue weighted by Crippen LogP contribution is -2.15. The molecule has 0 radical (unpaired) electrons. The predicted molar refractivity (Wildman–Crippen MR) is 62.4 cm³/mol. The lowest BCUT2D eigenvalue weighted by atomic mass is 9.84. The first-order valence-corrected chi connectivity index (χ1v) is 5.12. The van der Waals surface area contributed by atoms with Crippen LogP contribution < -0.4 is 5.73 Å². The molecule has 0 aliphatic rings. The molecule has 1 aromatic carbocycles. The third kappa shape index (κ3) is 2.57. The Kier molecular flexibility index (Phi) is 3.16. The van der Waals surface area contributed by atoms with Crippen LogP contribution in [0.15, 0.2) is 18.2 Å². The lowest BCUT2D eigenvalue weighted by molar-refractivity contribution is 0.588. The van der Waals surface area contributed by atoms with Crippen molar-refractivity contribution in [1.29, 1.82) is 5.26 Å². The standard InChI is InChI=1S/C13H18N2/c1-9-5-6-10(13(2,3)4)7-11(9)12(15)8-14/h5-7,12H,15H2,1-4H3. The number of hydrogen-bond donors (Lipinski definition) is 1. The first-order valence-electron chi connectivity index (χ1n) is 5.12. The summed E-state index contributed by atoms with van der Waals surface area (Å²) in [6, 6.07) is 7.74. The van der Waals surface area contributed by atoms with Crippen LogP contribution in [0.4, 0.5) is 0 Å². The van der Waals surface area contributed by atoms with Crippen LogP contribution in [0.25, 0.3) is 0 Å². The minimum Gasteiger partial charge on any atom is -0.312 e. The van der Waals surface area contributed by atoms with Crippen molar-refractivity contribution in [3.63, 3.8) is 0 Å². The van der Waals surface area contributed by atoms with Crippen molar-refractivity contribution in [2.45, 2.75) is 39.2 Å². The molecular weight excluding hydrogens is 184 g/mol. The molecule has 1 aromatic rings. The highest BCUT2D eigenvalue weighted by Gasteiger charge is 2.16. The second-order valence-corrected chi connectivity index (χ2v) is 4.93. The van der Waals surface area contributed by atoms with Gasteiger partial charge in [-0.15, -0.1) is 0 Å². The van der Waals surface area contributed by atoms with Crippen LogP contribution in [0, 0.1) is 18.3 Å². The fourth-order valence-corrected chi connectivity index (χ4v) is 1.51. The SMILES string of the molecule is Cc1ccc(C(C)(C)C)cc1C(N)C#N. The molecule has 15 heavy (non-hydrogen) atoms. The maximum absolute atomic E-state index is 8.83. The van der Waals surface area contributed by atoms with Crippen LogP contribution in [0.2, 0.25) is 0 Å². The van der Waals surface area contributed by atoms with Gasteiger partial charge < -0.3 is 5.73 Å². The zero-order chi connectivity index (χ0) is 11.6. The first kappa shape index (κ1) is 11.7. The molecule has 0 aliphatic heterocycles. The Bertz CT molecular complexity index is 394. The number of hydrogen-bond acceptors (Lipinski definition) is 2. The van der Waals surface area contributed by atoms with E-state index < -0.39 is 6.04 Å². The number of aryl methyl sites for hydroxylation is 1. The van der Waals surface area contributed by atoms with Gasteiger partial charge in [0.2, 0.25) is 0 Å². The molecule has 2 N–H and O–H groups in total. The summed E-state index contributed by atoms with van der Waals surface area (Å²) in [5.41, 5.74) is 9.07. The third-order valence-corrected chi connectivity index (χ3v) is 2.62. The van der Waals surface area contributed by atoms with Gasteiger partial charge in [0.25, 0.3) is 0 Å². The number of nitrogens with two attached hydrogens (primary N) is 1. The Labute approximate surface area is 91.7 Å². The second kappa shape index (κ2) is 4.04. The minimum absolute atomic E-state index is 0.0949. The van der Waals surface area contributed by atoms with E-state index in [4.69, 9.17) is 11.0 Å². The Morgan fingerprint density at radius 2 is 1.93 bits per heavy atom. The van der Waals surface area contributed by atoms with Crippen molar-refractivity contribution in [1.82, 2.24) is 0 Å². The van der Waals surface area contributed by atoms with Gasteiger partial charge in [-0.1, -0.05) is 39.0 Å². The van der Waals surface area contributed by atoms with Gasteiger partial charge >= 0.3 is 0 Å². The van der Waals surface area contributed by atoms with E-state index in [0.717, 1.165) is 11.1 Å². The summed E-state index contributed by atoms with van der Waals surface area (Å²) in [7, 11) is 0. The Morgan fingerprint density at radius 3 is 2.40 bits per heavy atom. The van der Waals surface area contributed by atoms with Crippen LogP contribution in [-0.2, 0) is 5.41 Å². The van der Waals surface area contributed by atoms with Gasteiger partial charge in [-0.05, 0) is 29.0 Å². The van der Waals surface area contributed by atoms with Crippen LogP contribution >= 0.6 is 0 Å². The highest BCUT2D eigenvalue weighted by molar-refractivity contribution is 5.38. The van der Waals surface area contributed by atoms with E-state index in [0.29, 0.717) is 0 Å². The molecule has 0 heterocycles. The molecular formula is C13H18N2. The van der Waals surface area contributed by atoms with Crippen molar-refractivity contribution in [2.75, 3.05) is 0 Å². The van der Waals surface area contributed by atoms with E-state index in [-0.39, 0.29) is 5.41 Å². The van der Waals surface area contributed by atoms with Crippen LogP contribution in [0.1, 0.15) is 43.5 Å². The molecule has 80 valence electrons. The summed E-state index contributed by atoms with van der Waals surface area (Å²) in [6.07, 6.45) is 0. The van der Waals surface area contributed by atoms with Gasteiger partial charge in [0, 0.05) is 0 Å². The fraction of sp³-hybridized carbons (Fsp3) is 0.462. The molecule has 0 saturated heterocycles. The average Bonchev–Trinajstić information content (AvgIpc) is 2.15. The summed E-state index contributed by atoms with van der Waals surface area (Å²) in [6.45, 7) is 8.44. The van der Waals surface area contributed by atoms with Gasteiger partial charge in [0.15, 0.2) is 0 Å². The van der Waals surface area contributed by atoms with E-state index in [1.54, 1.807) is 0 Å². The van der Waals surface area contributed by atoms with Gasteiger partial charge in [0.05, 0.1) is 6.07 Å². The molecule has 0 fully saturated rings. The number of nitriles is 1. The van der Waals surface area contributed by atoms with Crippen molar-refractivity contribution < 1.29 is 0 Å². The Morgan fingerprint density at radius 1 is 1.33 bits per heavy atom. The normalized spacial score (nSPS) is 13.3. The van der Waals surface area contributed by atoms with E-state index in [1.807, 2.05) is 19.1 Å². The maximum atomic E-state index is 8.83. The number of nitrogens with zero attached hydrogens (tertiary/aromatic N) is 1. The van der Waals surface area contributed by atoms with Crippen molar-refractivity contribution in [3.8, 4) is 6.07 Å². The second-order valence-electron chi connectivity index (χ2n) is 4.93. The van der Waals surface area contributed by atoms with E-state index in [2.05, 4.69) is 32.9 Å². The van der Waals surface area contributed by atoms with Crippen molar-refractivity contribution in [3.05, 3.63) is 34.9 Å². The molecule has 0 spiro atoms. The summed E-state index contributed by atoms with van der Waals surface area (Å²) in [5.74, 6) is 0. The largest absolute Gasteiger partial charge is 0.312 e. The molecule has 0 amide bonds. The summed E-state index contributed by atoms with van der Waals surface area (Å²) < 4.78 is 0. The number of rotatable bonds is 1. The minimum atomic E-state index is -0.521. The Hall–Kier alpha value is -1.33. The van der Waals surface area contributed by atoms with Crippen molar-refractivity contribution >= 4 is 0 Å². The lowest BCUT2D eigenvalue weighted by Gasteiger charge is -2.21. The van der Waals surface area contributed by atoms with E-state index in [9.17, 15) is 0 Å². The third-order valence-electron chi connectivity index (χ3n) is 2.62. The van der Waals surface area contributed by atoms with E-state index in [1.165, 1.54) is 5.56 Å². The molecule has 1 atom stereocenters. The van der Waals surface area contributed by atoms with Crippen LogP contribution in [-0.4, -0.2) is 0 Å². The van der Waals surface area contributed by atoms with Gasteiger partial charge in [0.1, 0.15) is 6.04 Å². The fourth-order valence-electron chi connectivity index (χ4n) is 1.51. The zero-order valence-corrected chi connectivity index (χ0v) is 9.83. The molecule has 1 rings (SSSR count). The summed E-state index contributed by atoms with van der Waals surface area (Å²) in [5, 5.41) is 8.83. The van der Waals surface area contributed by atoms with Crippen molar-refractivity contribution in [2.24, 2.45) is 5.73 Å². The molecule has 0 bridgehead atoms. The average molecular weight is 202 g/mol. The molecule has 2 heteroatoms. The smallest absolute Gasteiger partial charge is 0.119 e. The molecule has 0 aliphatic carbocycles. The summed E-state index contributed by atoms with van der Waals surface area (Å²) >= 11 is 0. The zero-order valence-electron chi connectivity index (χ0n) is 9.83.